The van der Waals surface area contributed by atoms with Crippen LogP contribution in [0.5, 0.6) is 0 Å². The van der Waals surface area contributed by atoms with Crippen molar-refractivity contribution in [3.8, 4) is 0 Å². The number of aryl methyl sites for hydroxylation is 1. The first-order valence-corrected chi connectivity index (χ1v) is 7.21. The molecule has 104 valence electrons. The van der Waals surface area contributed by atoms with Crippen molar-refractivity contribution >= 4 is 21.8 Å². The van der Waals surface area contributed by atoms with Gasteiger partial charge in [-0.15, -0.1) is 0 Å². The van der Waals surface area contributed by atoms with Gasteiger partial charge in [0.2, 0.25) is 0 Å². The van der Waals surface area contributed by atoms with Crippen molar-refractivity contribution in [3.05, 3.63) is 59.7 Å². The second-order valence-corrected chi connectivity index (χ2v) is 5.77. The number of carbonyl (C=O) groups excluding carboxylic acids is 1. The number of hydrogen-bond donors (Lipinski definition) is 1. The molecule has 2 aromatic rings. The van der Waals surface area contributed by atoms with Gasteiger partial charge in [0, 0.05) is 5.69 Å². The molecule has 0 saturated heterocycles. The van der Waals surface area contributed by atoms with Gasteiger partial charge in [0.05, 0.1) is 5.56 Å². The van der Waals surface area contributed by atoms with Crippen LogP contribution in [0.2, 0.25) is 0 Å². The Balaban J connectivity index is 2.27. The van der Waals surface area contributed by atoms with Gasteiger partial charge >= 0.3 is 16.1 Å². The molecule has 0 unspecified atom stereocenters. The Labute approximate surface area is 117 Å². The van der Waals surface area contributed by atoms with Crippen molar-refractivity contribution in [2.75, 3.05) is 5.73 Å². The maximum Gasteiger partial charge on any atom is 0.356 e. The Morgan fingerprint density at radius 1 is 1.05 bits per heavy atom. The standard InChI is InChI=1S/C14H13NO4S/c1-10-6-8-11(9-7-10)20(17,18)19-14(16)12-4-2-3-5-13(12)15/h2-9H,15H2,1H3. The van der Waals surface area contributed by atoms with Gasteiger partial charge in [-0.25, -0.2) is 4.79 Å². The van der Waals surface area contributed by atoms with Crippen LogP contribution in [-0.2, 0) is 14.3 Å². The van der Waals surface area contributed by atoms with Crippen LogP contribution < -0.4 is 5.73 Å². The number of para-hydroxylation sites is 1. The van der Waals surface area contributed by atoms with Crippen molar-refractivity contribution < 1.29 is 17.4 Å². The highest BCUT2D eigenvalue weighted by molar-refractivity contribution is 7.87. The molecule has 0 aliphatic rings. The summed E-state index contributed by atoms with van der Waals surface area (Å²) >= 11 is 0. The minimum absolute atomic E-state index is 0.0168. The largest absolute Gasteiger partial charge is 0.398 e. The minimum Gasteiger partial charge on any atom is -0.398 e. The van der Waals surface area contributed by atoms with Gasteiger partial charge in [-0.3, -0.25) is 0 Å². The third kappa shape index (κ3) is 2.97. The zero-order valence-electron chi connectivity index (χ0n) is 10.7. The average molecular weight is 291 g/mol. The summed E-state index contributed by atoms with van der Waals surface area (Å²) < 4.78 is 28.5. The topological polar surface area (TPSA) is 86.5 Å². The van der Waals surface area contributed by atoms with E-state index in [4.69, 9.17) is 5.73 Å². The van der Waals surface area contributed by atoms with E-state index in [-0.39, 0.29) is 16.1 Å². The fourth-order valence-electron chi connectivity index (χ4n) is 1.58. The van der Waals surface area contributed by atoms with Crippen molar-refractivity contribution in [2.45, 2.75) is 11.8 Å². The molecule has 2 N–H and O–H groups in total. The molecule has 5 nitrogen and oxygen atoms in total. The van der Waals surface area contributed by atoms with E-state index in [1.54, 1.807) is 24.3 Å². The Morgan fingerprint density at radius 3 is 2.25 bits per heavy atom. The lowest BCUT2D eigenvalue weighted by Gasteiger charge is -2.07. The first kappa shape index (κ1) is 14.1. The SMILES string of the molecule is Cc1ccc(S(=O)(=O)OC(=O)c2ccccc2N)cc1. The number of carbonyl (C=O) groups is 1. The molecule has 20 heavy (non-hydrogen) atoms. The Bertz CT molecular complexity index is 736. The normalized spacial score (nSPS) is 11.1. The molecular weight excluding hydrogens is 278 g/mol. The van der Waals surface area contributed by atoms with Crippen LogP contribution in [0.4, 0.5) is 5.69 Å². The number of hydrogen-bond acceptors (Lipinski definition) is 5. The van der Waals surface area contributed by atoms with Gasteiger partial charge in [0.15, 0.2) is 0 Å². The van der Waals surface area contributed by atoms with E-state index in [0.29, 0.717) is 0 Å². The van der Waals surface area contributed by atoms with Crippen LogP contribution in [0.1, 0.15) is 15.9 Å². The molecule has 0 bridgehead atoms. The van der Waals surface area contributed by atoms with E-state index < -0.39 is 16.1 Å². The molecule has 2 aromatic carbocycles. The molecule has 0 aliphatic carbocycles. The molecule has 0 radical (unpaired) electrons. The summed E-state index contributed by atoms with van der Waals surface area (Å²) in [5.74, 6) is -0.997. The van der Waals surface area contributed by atoms with Crippen LogP contribution in [0.25, 0.3) is 0 Å². The van der Waals surface area contributed by atoms with E-state index in [1.807, 2.05) is 6.92 Å². The summed E-state index contributed by atoms with van der Waals surface area (Å²) in [4.78, 5) is 11.8. The maximum atomic E-state index is 12.0. The summed E-state index contributed by atoms with van der Waals surface area (Å²) in [6.45, 7) is 1.83. The molecule has 6 heteroatoms. The summed E-state index contributed by atoms with van der Waals surface area (Å²) in [6, 6.07) is 12.1. The number of anilines is 1. The maximum absolute atomic E-state index is 12.0. The highest BCUT2D eigenvalue weighted by Gasteiger charge is 2.22. The number of benzene rings is 2. The Kier molecular flexibility index (Phi) is 3.76. The fourth-order valence-corrected chi connectivity index (χ4v) is 2.44. The predicted octanol–water partition coefficient (Wildman–Crippen LogP) is 2.12. The average Bonchev–Trinajstić information content (AvgIpc) is 2.39. The van der Waals surface area contributed by atoms with E-state index in [2.05, 4.69) is 4.18 Å². The highest BCUT2D eigenvalue weighted by Crippen LogP contribution is 2.18. The first-order valence-electron chi connectivity index (χ1n) is 5.80. The molecule has 0 heterocycles. The van der Waals surface area contributed by atoms with Gasteiger partial charge in [-0.05, 0) is 31.2 Å². The lowest BCUT2D eigenvalue weighted by Crippen LogP contribution is -2.14. The fraction of sp³-hybridized carbons (Fsp3) is 0.0714. The highest BCUT2D eigenvalue weighted by atomic mass is 32.2. The number of nitrogens with two attached hydrogens (primary N) is 1. The first-order chi connectivity index (χ1) is 9.40. The van der Waals surface area contributed by atoms with Gasteiger partial charge in [-0.1, -0.05) is 29.8 Å². The third-order valence-electron chi connectivity index (χ3n) is 2.68. The zero-order valence-corrected chi connectivity index (χ0v) is 11.6. The van der Waals surface area contributed by atoms with Crippen molar-refractivity contribution in [3.63, 3.8) is 0 Å². The second kappa shape index (κ2) is 5.34. The summed E-state index contributed by atoms with van der Waals surface area (Å²) in [7, 11) is -4.15. The predicted molar refractivity (Wildman–Crippen MR) is 74.6 cm³/mol. The smallest absolute Gasteiger partial charge is 0.356 e. The molecule has 2 rings (SSSR count). The number of nitrogen functional groups attached to an aromatic ring is 1. The molecule has 0 saturated carbocycles. The number of rotatable bonds is 3. The lowest BCUT2D eigenvalue weighted by molar-refractivity contribution is 0.0748. The minimum atomic E-state index is -4.15. The van der Waals surface area contributed by atoms with Crippen LogP contribution in [0, 0.1) is 6.92 Å². The van der Waals surface area contributed by atoms with E-state index >= 15 is 0 Å². The lowest BCUT2D eigenvalue weighted by atomic mass is 10.2. The molecule has 0 aliphatic heterocycles. The van der Waals surface area contributed by atoms with Crippen molar-refractivity contribution in [1.82, 2.24) is 0 Å². The quantitative estimate of drug-likeness (QED) is 0.691. The molecule has 0 spiro atoms. The van der Waals surface area contributed by atoms with E-state index in [1.165, 1.54) is 24.3 Å². The Hall–Kier alpha value is -2.34. The van der Waals surface area contributed by atoms with E-state index in [0.717, 1.165) is 5.56 Å². The monoisotopic (exact) mass is 291 g/mol. The van der Waals surface area contributed by atoms with Gasteiger partial charge in [-0.2, -0.15) is 8.42 Å². The summed E-state index contributed by atoms with van der Waals surface area (Å²) in [5.41, 5.74) is 6.69. The summed E-state index contributed by atoms with van der Waals surface area (Å²) in [5, 5.41) is 0. The van der Waals surface area contributed by atoms with Crippen LogP contribution in [0.3, 0.4) is 0 Å². The third-order valence-corrected chi connectivity index (χ3v) is 3.90. The van der Waals surface area contributed by atoms with Crippen molar-refractivity contribution in [1.29, 1.82) is 0 Å². The van der Waals surface area contributed by atoms with Gasteiger partial charge in [0.25, 0.3) is 0 Å². The van der Waals surface area contributed by atoms with Crippen LogP contribution >= 0.6 is 0 Å². The summed E-state index contributed by atoms with van der Waals surface area (Å²) in [6.07, 6.45) is 0. The van der Waals surface area contributed by atoms with Crippen LogP contribution in [-0.4, -0.2) is 14.4 Å². The van der Waals surface area contributed by atoms with Crippen LogP contribution in [0.15, 0.2) is 53.4 Å². The van der Waals surface area contributed by atoms with E-state index in [9.17, 15) is 13.2 Å². The Morgan fingerprint density at radius 2 is 1.65 bits per heavy atom. The molecule has 0 fully saturated rings. The molecule has 0 aromatic heterocycles. The molecule has 0 amide bonds. The molecular formula is C14H13NO4S. The second-order valence-electron chi connectivity index (χ2n) is 4.23. The molecule has 0 atom stereocenters. The zero-order chi connectivity index (χ0) is 14.8. The van der Waals surface area contributed by atoms with Gasteiger partial charge in [0.1, 0.15) is 4.90 Å². The van der Waals surface area contributed by atoms with Crippen molar-refractivity contribution in [2.24, 2.45) is 0 Å². The van der Waals surface area contributed by atoms with Gasteiger partial charge < -0.3 is 9.92 Å².